The molecular formula is C14H20O3. The van der Waals surface area contributed by atoms with Crippen molar-refractivity contribution in [3.63, 3.8) is 0 Å². The predicted molar refractivity (Wildman–Crippen MR) is 67.3 cm³/mol. The topological polar surface area (TPSA) is 35.5 Å². The third kappa shape index (κ3) is 4.89. The lowest BCUT2D eigenvalue weighted by molar-refractivity contribution is -0.144. The van der Waals surface area contributed by atoms with E-state index in [0.717, 1.165) is 17.7 Å². The molecule has 0 heterocycles. The SMILES string of the molecule is CCCOC(=O)CCOc1ccc(C)cc1C. The molecule has 0 radical (unpaired) electrons. The van der Waals surface area contributed by atoms with Gasteiger partial charge in [0, 0.05) is 0 Å². The second-order valence-corrected chi connectivity index (χ2v) is 4.09. The van der Waals surface area contributed by atoms with Crippen molar-refractivity contribution in [3.8, 4) is 5.75 Å². The Kier molecular flexibility index (Phi) is 5.53. The first-order valence-corrected chi connectivity index (χ1v) is 5.99. The summed E-state index contributed by atoms with van der Waals surface area (Å²) in [7, 11) is 0. The van der Waals surface area contributed by atoms with Crippen LogP contribution in [0.3, 0.4) is 0 Å². The lowest BCUT2D eigenvalue weighted by Crippen LogP contribution is -2.10. The monoisotopic (exact) mass is 236 g/mol. The second kappa shape index (κ2) is 6.94. The maximum atomic E-state index is 11.2. The molecule has 0 atom stereocenters. The molecule has 17 heavy (non-hydrogen) atoms. The van der Waals surface area contributed by atoms with E-state index in [1.807, 2.05) is 32.9 Å². The zero-order valence-electron chi connectivity index (χ0n) is 10.8. The van der Waals surface area contributed by atoms with Crippen molar-refractivity contribution < 1.29 is 14.3 Å². The molecule has 0 aromatic heterocycles. The van der Waals surface area contributed by atoms with Crippen molar-refractivity contribution in [2.24, 2.45) is 0 Å². The first-order valence-electron chi connectivity index (χ1n) is 5.99. The van der Waals surface area contributed by atoms with Crippen LogP contribution in [0.2, 0.25) is 0 Å². The molecule has 3 nitrogen and oxygen atoms in total. The Hall–Kier alpha value is -1.51. The Labute approximate surface area is 103 Å². The lowest BCUT2D eigenvalue weighted by Gasteiger charge is -2.09. The lowest BCUT2D eigenvalue weighted by atomic mass is 10.1. The second-order valence-electron chi connectivity index (χ2n) is 4.09. The minimum Gasteiger partial charge on any atom is -0.493 e. The molecule has 0 N–H and O–H groups in total. The number of hydrogen-bond acceptors (Lipinski definition) is 3. The molecule has 0 aliphatic carbocycles. The Bertz CT molecular complexity index is 372. The molecule has 1 aromatic rings. The number of rotatable bonds is 6. The van der Waals surface area contributed by atoms with Crippen molar-refractivity contribution >= 4 is 5.97 Å². The van der Waals surface area contributed by atoms with Crippen molar-refractivity contribution in [3.05, 3.63) is 29.3 Å². The first kappa shape index (κ1) is 13.6. The normalized spacial score (nSPS) is 10.1. The highest BCUT2D eigenvalue weighted by atomic mass is 16.5. The minimum absolute atomic E-state index is 0.198. The highest BCUT2D eigenvalue weighted by Crippen LogP contribution is 2.18. The number of benzene rings is 1. The van der Waals surface area contributed by atoms with Crippen LogP contribution in [0.4, 0.5) is 0 Å². The van der Waals surface area contributed by atoms with Gasteiger partial charge in [-0.3, -0.25) is 4.79 Å². The van der Waals surface area contributed by atoms with Gasteiger partial charge in [0.1, 0.15) is 5.75 Å². The molecule has 0 saturated carbocycles. The fourth-order valence-electron chi connectivity index (χ4n) is 1.49. The third-order valence-corrected chi connectivity index (χ3v) is 2.36. The van der Waals surface area contributed by atoms with Gasteiger partial charge in [-0.1, -0.05) is 24.6 Å². The summed E-state index contributed by atoms with van der Waals surface area (Å²) in [6, 6.07) is 5.99. The molecule has 0 unspecified atom stereocenters. The van der Waals surface area contributed by atoms with Crippen LogP contribution in [-0.4, -0.2) is 19.2 Å². The van der Waals surface area contributed by atoms with E-state index < -0.39 is 0 Å². The zero-order chi connectivity index (χ0) is 12.7. The maximum Gasteiger partial charge on any atom is 0.309 e. The molecule has 0 saturated heterocycles. The Morgan fingerprint density at radius 1 is 1.24 bits per heavy atom. The molecule has 0 aliphatic heterocycles. The fraction of sp³-hybridized carbons (Fsp3) is 0.500. The van der Waals surface area contributed by atoms with Crippen molar-refractivity contribution in [2.45, 2.75) is 33.6 Å². The summed E-state index contributed by atoms with van der Waals surface area (Å²) in [6.45, 7) is 6.87. The molecule has 1 aromatic carbocycles. The van der Waals surface area contributed by atoms with E-state index in [1.54, 1.807) is 0 Å². The number of esters is 1. The summed E-state index contributed by atoms with van der Waals surface area (Å²) < 4.78 is 10.5. The highest BCUT2D eigenvalue weighted by molar-refractivity contribution is 5.69. The maximum absolute atomic E-state index is 11.2. The van der Waals surface area contributed by atoms with Gasteiger partial charge in [-0.15, -0.1) is 0 Å². The molecule has 94 valence electrons. The average molecular weight is 236 g/mol. The molecule has 0 spiro atoms. The quantitative estimate of drug-likeness (QED) is 0.712. The minimum atomic E-state index is -0.198. The van der Waals surface area contributed by atoms with E-state index in [9.17, 15) is 4.79 Å². The van der Waals surface area contributed by atoms with Gasteiger partial charge in [0.15, 0.2) is 0 Å². The summed E-state index contributed by atoms with van der Waals surface area (Å²) in [6.07, 6.45) is 1.15. The molecule has 3 heteroatoms. The van der Waals surface area contributed by atoms with Crippen LogP contribution >= 0.6 is 0 Å². The molecular weight excluding hydrogens is 216 g/mol. The number of ether oxygens (including phenoxy) is 2. The fourth-order valence-corrected chi connectivity index (χ4v) is 1.49. The summed E-state index contributed by atoms with van der Waals surface area (Å²) in [4.78, 5) is 11.2. The van der Waals surface area contributed by atoms with E-state index in [1.165, 1.54) is 5.56 Å². The highest BCUT2D eigenvalue weighted by Gasteiger charge is 2.04. The van der Waals surface area contributed by atoms with E-state index >= 15 is 0 Å². The van der Waals surface area contributed by atoms with Gasteiger partial charge in [-0.2, -0.15) is 0 Å². The number of carbonyl (C=O) groups is 1. The van der Waals surface area contributed by atoms with Gasteiger partial charge in [0.05, 0.1) is 19.6 Å². The van der Waals surface area contributed by atoms with E-state index in [-0.39, 0.29) is 5.97 Å². The number of aryl methyl sites for hydroxylation is 2. The summed E-state index contributed by atoms with van der Waals surface area (Å²) >= 11 is 0. The van der Waals surface area contributed by atoms with Crippen LogP contribution < -0.4 is 4.74 Å². The summed E-state index contributed by atoms with van der Waals surface area (Å²) in [5.74, 6) is 0.635. The first-order chi connectivity index (χ1) is 8.13. The van der Waals surface area contributed by atoms with Crippen LogP contribution in [0.15, 0.2) is 18.2 Å². The van der Waals surface area contributed by atoms with Gasteiger partial charge in [-0.05, 0) is 31.9 Å². The standard InChI is InChI=1S/C14H20O3/c1-4-8-17-14(15)7-9-16-13-6-5-11(2)10-12(13)3/h5-6,10H,4,7-9H2,1-3H3. The zero-order valence-corrected chi connectivity index (χ0v) is 10.8. The van der Waals surface area contributed by atoms with Crippen LogP contribution in [0.25, 0.3) is 0 Å². The summed E-state index contributed by atoms with van der Waals surface area (Å²) in [5, 5.41) is 0. The van der Waals surface area contributed by atoms with Crippen molar-refractivity contribution in [1.82, 2.24) is 0 Å². The molecule has 0 aliphatic rings. The van der Waals surface area contributed by atoms with Crippen LogP contribution in [-0.2, 0) is 9.53 Å². The van der Waals surface area contributed by atoms with E-state index in [4.69, 9.17) is 9.47 Å². The Balaban J connectivity index is 2.33. The smallest absolute Gasteiger partial charge is 0.309 e. The van der Waals surface area contributed by atoms with Crippen molar-refractivity contribution in [1.29, 1.82) is 0 Å². The molecule has 0 bridgehead atoms. The largest absolute Gasteiger partial charge is 0.493 e. The van der Waals surface area contributed by atoms with Crippen LogP contribution in [0.5, 0.6) is 5.75 Å². The Morgan fingerprint density at radius 3 is 2.65 bits per heavy atom. The van der Waals surface area contributed by atoms with E-state index in [2.05, 4.69) is 6.07 Å². The van der Waals surface area contributed by atoms with Gasteiger partial charge < -0.3 is 9.47 Å². The number of hydrogen-bond donors (Lipinski definition) is 0. The van der Waals surface area contributed by atoms with Gasteiger partial charge in [0.25, 0.3) is 0 Å². The van der Waals surface area contributed by atoms with Crippen LogP contribution in [0.1, 0.15) is 30.9 Å². The van der Waals surface area contributed by atoms with Crippen molar-refractivity contribution in [2.75, 3.05) is 13.2 Å². The number of carbonyl (C=O) groups excluding carboxylic acids is 1. The third-order valence-electron chi connectivity index (χ3n) is 2.36. The summed E-state index contributed by atoms with van der Waals surface area (Å²) in [5.41, 5.74) is 2.30. The van der Waals surface area contributed by atoms with Gasteiger partial charge in [-0.25, -0.2) is 0 Å². The van der Waals surface area contributed by atoms with Gasteiger partial charge >= 0.3 is 5.97 Å². The average Bonchev–Trinajstić information content (AvgIpc) is 2.29. The molecule has 0 amide bonds. The van der Waals surface area contributed by atoms with E-state index in [0.29, 0.717) is 19.6 Å². The predicted octanol–water partition coefficient (Wildman–Crippen LogP) is 3.03. The molecule has 0 fully saturated rings. The molecule has 1 rings (SSSR count). The van der Waals surface area contributed by atoms with Crippen LogP contribution in [0, 0.1) is 13.8 Å². The Morgan fingerprint density at radius 2 is 2.00 bits per heavy atom. The van der Waals surface area contributed by atoms with Gasteiger partial charge in [0.2, 0.25) is 0 Å².